The highest BCUT2D eigenvalue weighted by Crippen LogP contribution is 2.27. The lowest BCUT2D eigenvalue weighted by atomic mass is 9.94. The molecule has 0 unspecified atom stereocenters. The highest BCUT2D eigenvalue weighted by atomic mass is 32.1. The van der Waals surface area contributed by atoms with E-state index in [9.17, 15) is 9.59 Å². The van der Waals surface area contributed by atoms with Gasteiger partial charge in [0, 0.05) is 12.6 Å². The molecule has 172 valence electrons. The summed E-state index contributed by atoms with van der Waals surface area (Å²) in [7, 11) is 0. The SMILES string of the molecule is Cc1ccc(CN(C(=O)Cc2ccsc2)[C@H](C(=O)NC2CCCCC2)c2ccccc2)cc1. The first-order valence-electron chi connectivity index (χ1n) is 11.8. The summed E-state index contributed by atoms with van der Waals surface area (Å²) in [4.78, 5) is 29.1. The van der Waals surface area contributed by atoms with E-state index in [4.69, 9.17) is 0 Å². The second-order valence-electron chi connectivity index (χ2n) is 8.97. The smallest absolute Gasteiger partial charge is 0.247 e. The van der Waals surface area contributed by atoms with Gasteiger partial charge in [0.1, 0.15) is 6.04 Å². The van der Waals surface area contributed by atoms with Gasteiger partial charge in [-0.25, -0.2) is 0 Å². The van der Waals surface area contributed by atoms with E-state index in [1.807, 2.05) is 66.2 Å². The van der Waals surface area contributed by atoms with Crippen LogP contribution in [0.15, 0.2) is 71.4 Å². The predicted octanol–water partition coefficient (Wildman–Crippen LogP) is 5.82. The molecule has 5 heteroatoms. The Kier molecular flexibility index (Phi) is 7.95. The molecule has 1 aliphatic carbocycles. The Balaban J connectivity index is 1.66. The van der Waals surface area contributed by atoms with Crippen molar-refractivity contribution in [2.75, 3.05) is 0 Å². The van der Waals surface area contributed by atoms with Crippen LogP contribution in [0.1, 0.15) is 60.4 Å². The molecule has 1 atom stereocenters. The molecular formula is C28H32N2O2S. The molecule has 4 rings (SSSR count). The van der Waals surface area contributed by atoms with E-state index in [0.717, 1.165) is 42.4 Å². The van der Waals surface area contributed by atoms with E-state index in [2.05, 4.69) is 17.4 Å². The molecule has 0 spiro atoms. The molecule has 4 nitrogen and oxygen atoms in total. The molecule has 0 aliphatic heterocycles. The number of thiophene rings is 1. The van der Waals surface area contributed by atoms with Gasteiger partial charge in [0.05, 0.1) is 6.42 Å². The minimum atomic E-state index is -0.666. The lowest BCUT2D eigenvalue weighted by Gasteiger charge is -2.33. The van der Waals surface area contributed by atoms with Gasteiger partial charge in [0.2, 0.25) is 11.8 Å². The third kappa shape index (κ3) is 6.32. The van der Waals surface area contributed by atoms with Crippen LogP contribution >= 0.6 is 11.3 Å². The number of rotatable bonds is 8. The Labute approximate surface area is 200 Å². The van der Waals surface area contributed by atoms with Crippen molar-refractivity contribution in [3.8, 4) is 0 Å². The third-order valence-corrected chi connectivity index (χ3v) is 7.09. The Morgan fingerprint density at radius 1 is 0.970 bits per heavy atom. The van der Waals surface area contributed by atoms with E-state index in [1.54, 1.807) is 16.2 Å². The van der Waals surface area contributed by atoms with Crippen LogP contribution in [0.25, 0.3) is 0 Å². The van der Waals surface area contributed by atoms with Crippen LogP contribution in [0, 0.1) is 6.92 Å². The number of amides is 2. The summed E-state index contributed by atoms with van der Waals surface area (Å²) in [6.07, 6.45) is 5.82. The molecule has 1 aromatic heterocycles. The first kappa shape index (κ1) is 23.2. The molecular weight excluding hydrogens is 428 g/mol. The Hall–Kier alpha value is -2.92. The summed E-state index contributed by atoms with van der Waals surface area (Å²) in [6.45, 7) is 2.44. The summed E-state index contributed by atoms with van der Waals surface area (Å²) >= 11 is 1.58. The molecule has 1 N–H and O–H groups in total. The van der Waals surface area contributed by atoms with Crippen molar-refractivity contribution in [2.45, 2.75) is 64.1 Å². The van der Waals surface area contributed by atoms with Crippen LogP contribution in [0.5, 0.6) is 0 Å². The standard InChI is InChI=1S/C28H32N2O2S/c1-21-12-14-22(15-13-21)19-30(26(31)18-23-16-17-33-20-23)27(24-8-4-2-5-9-24)28(32)29-25-10-6-3-7-11-25/h2,4-5,8-9,12-17,20,25,27H,3,6-7,10-11,18-19H2,1H3,(H,29,32)/t27-/m0/s1. The van der Waals surface area contributed by atoms with Crippen LogP contribution < -0.4 is 5.32 Å². The second-order valence-corrected chi connectivity index (χ2v) is 9.75. The number of carbonyl (C=O) groups is 2. The second kappa shape index (κ2) is 11.3. The van der Waals surface area contributed by atoms with Crippen LogP contribution in [0.4, 0.5) is 0 Å². The quantitative estimate of drug-likeness (QED) is 0.461. The molecule has 1 heterocycles. The van der Waals surface area contributed by atoms with Crippen molar-refractivity contribution < 1.29 is 9.59 Å². The van der Waals surface area contributed by atoms with Crippen molar-refractivity contribution in [3.05, 3.63) is 93.7 Å². The van der Waals surface area contributed by atoms with E-state index >= 15 is 0 Å². The molecule has 1 aliphatic rings. The summed E-state index contributed by atoms with van der Waals surface area (Å²) < 4.78 is 0. The van der Waals surface area contributed by atoms with Gasteiger partial charge in [0.25, 0.3) is 0 Å². The number of carbonyl (C=O) groups excluding carboxylic acids is 2. The van der Waals surface area contributed by atoms with Crippen molar-refractivity contribution in [2.24, 2.45) is 0 Å². The van der Waals surface area contributed by atoms with Gasteiger partial charge in [-0.05, 0) is 53.3 Å². The topological polar surface area (TPSA) is 49.4 Å². The summed E-state index contributed by atoms with van der Waals surface area (Å²) in [5.74, 6) is -0.125. The van der Waals surface area contributed by atoms with Crippen molar-refractivity contribution in [1.82, 2.24) is 10.2 Å². The number of nitrogens with one attached hydrogen (secondary N) is 1. The lowest BCUT2D eigenvalue weighted by molar-refractivity contribution is -0.141. The first-order chi connectivity index (χ1) is 16.1. The lowest BCUT2D eigenvalue weighted by Crippen LogP contribution is -2.47. The maximum Gasteiger partial charge on any atom is 0.247 e. The van der Waals surface area contributed by atoms with E-state index in [0.29, 0.717) is 6.54 Å². The zero-order valence-corrected chi connectivity index (χ0v) is 20.0. The van der Waals surface area contributed by atoms with Gasteiger partial charge in [0.15, 0.2) is 0 Å². The van der Waals surface area contributed by atoms with Gasteiger partial charge in [-0.2, -0.15) is 11.3 Å². The molecule has 0 radical (unpaired) electrons. The minimum Gasteiger partial charge on any atom is -0.351 e. The normalized spacial score (nSPS) is 15.1. The zero-order valence-electron chi connectivity index (χ0n) is 19.2. The largest absolute Gasteiger partial charge is 0.351 e. The number of aryl methyl sites for hydroxylation is 1. The molecule has 2 amide bonds. The highest BCUT2D eigenvalue weighted by Gasteiger charge is 2.33. The Morgan fingerprint density at radius 3 is 2.36 bits per heavy atom. The fourth-order valence-electron chi connectivity index (χ4n) is 4.52. The average Bonchev–Trinajstić information content (AvgIpc) is 3.34. The van der Waals surface area contributed by atoms with Crippen LogP contribution in [-0.4, -0.2) is 22.8 Å². The summed E-state index contributed by atoms with van der Waals surface area (Å²) in [6, 6.07) is 19.4. The van der Waals surface area contributed by atoms with E-state index < -0.39 is 6.04 Å². The molecule has 0 bridgehead atoms. The third-order valence-electron chi connectivity index (χ3n) is 6.36. The molecule has 2 aromatic carbocycles. The minimum absolute atomic E-state index is 0.0402. The zero-order chi connectivity index (χ0) is 23.0. The van der Waals surface area contributed by atoms with Crippen molar-refractivity contribution in [1.29, 1.82) is 0 Å². The fourth-order valence-corrected chi connectivity index (χ4v) is 5.19. The molecule has 1 fully saturated rings. The predicted molar refractivity (Wildman–Crippen MR) is 134 cm³/mol. The molecule has 33 heavy (non-hydrogen) atoms. The summed E-state index contributed by atoms with van der Waals surface area (Å²) in [5, 5.41) is 7.26. The van der Waals surface area contributed by atoms with Gasteiger partial charge in [-0.3, -0.25) is 9.59 Å². The maximum absolute atomic E-state index is 13.7. The van der Waals surface area contributed by atoms with Gasteiger partial charge in [-0.1, -0.05) is 79.4 Å². The van der Waals surface area contributed by atoms with Crippen molar-refractivity contribution >= 4 is 23.2 Å². The first-order valence-corrected chi connectivity index (χ1v) is 12.8. The number of nitrogens with zero attached hydrogens (tertiary/aromatic N) is 1. The van der Waals surface area contributed by atoms with Crippen LogP contribution in [-0.2, 0) is 22.6 Å². The highest BCUT2D eigenvalue weighted by molar-refractivity contribution is 7.08. The number of benzene rings is 2. The van der Waals surface area contributed by atoms with Gasteiger partial charge < -0.3 is 10.2 Å². The Bertz CT molecular complexity index is 1030. The average molecular weight is 461 g/mol. The molecule has 3 aromatic rings. The fraction of sp³-hybridized carbons (Fsp3) is 0.357. The Morgan fingerprint density at radius 2 is 1.70 bits per heavy atom. The van der Waals surface area contributed by atoms with Crippen LogP contribution in [0.3, 0.4) is 0 Å². The van der Waals surface area contributed by atoms with E-state index in [1.165, 1.54) is 12.0 Å². The monoisotopic (exact) mass is 460 g/mol. The summed E-state index contributed by atoms with van der Waals surface area (Å²) in [5.41, 5.74) is 4.02. The van der Waals surface area contributed by atoms with Crippen LogP contribution in [0.2, 0.25) is 0 Å². The van der Waals surface area contributed by atoms with E-state index in [-0.39, 0.29) is 24.3 Å². The molecule has 1 saturated carbocycles. The van der Waals surface area contributed by atoms with Crippen molar-refractivity contribution in [3.63, 3.8) is 0 Å². The molecule has 0 saturated heterocycles. The van der Waals surface area contributed by atoms with Gasteiger partial charge in [-0.15, -0.1) is 0 Å². The van der Waals surface area contributed by atoms with Gasteiger partial charge >= 0.3 is 0 Å². The number of hydrogen-bond donors (Lipinski definition) is 1. The number of hydrogen-bond acceptors (Lipinski definition) is 3. The maximum atomic E-state index is 13.7.